The maximum Gasteiger partial charge on any atom is 0.227 e. The van der Waals surface area contributed by atoms with Gasteiger partial charge >= 0.3 is 0 Å². The van der Waals surface area contributed by atoms with E-state index in [4.69, 9.17) is 15.5 Å². The molecule has 3 aromatic heterocycles. The molecule has 0 aliphatic carbocycles. The predicted octanol–water partition coefficient (Wildman–Crippen LogP) is 3.84. The topological polar surface area (TPSA) is 93.6 Å². The molecule has 1 aliphatic rings. The van der Waals surface area contributed by atoms with Crippen molar-refractivity contribution in [2.45, 2.75) is 6.42 Å². The van der Waals surface area contributed by atoms with Gasteiger partial charge in [0, 0.05) is 42.3 Å². The number of nitrogens with one attached hydrogen (secondary N) is 1. The lowest BCUT2D eigenvalue weighted by Gasteiger charge is -2.23. The van der Waals surface area contributed by atoms with Crippen molar-refractivity contribution in [1.29, 1.82) is 0 Å². The van der Waals surface area contributed by atoms with Gasteiger partial charge in [0.15, 0.2) is 0 Å². The molecule has 4 heterocycles. The molecule has 0 atom stereocenters. The summed E-state index contributed by atoms with van der Waals surface area (Å²) in [6.45, 7) is 1.93. The molecule has 1 aromatic carbocycles. The Kier molecular flexibility index (Phi) is 5.20. The first-order chi connectivity index (χ1) is 15.6. The Labute approximate surface area is 186 Å². The van der Waals surface area contributed by atoms with Crippen LogP contribution in [-0.2, 0) is 0 Å². The number of pyridine rings is 1. The lowest BCUT2D eigenvalue weighted by atomic mass is 9.97. The van der Waals surface area contributed by atoms with Crippen molar-refractivity contribution in [2.75, 3.05) is 38.3 Å². The van der Waals surface area contributed by atoms with Gasteiger partial charge in [0.25, 0.3) is 0 Å². The third-order valence-corrected chi connectivity index (χ3v) is 5.73. The van der Waals surface area contributed by atoms with E-state index in [0.717, 1.165) is 47.5 Å². The molecule has 0 bridgehead atoms. The lowest BCUT2D eigenvalue weighted by Crippen LogP contribution is -2.23. The third kappa shape index (κ3) is 3.76. The molecule has 4 aromatic rings. The standard InChI is InChI=1S/C24H25N7O/c1-30-11-7-16(8-12-30)17-13-23(32-2)21(14-19(17)25)29-24-26-9-6-20(28-24)18-15-27-31-10-4-3-5-22(18)31/h3-7,9-10,13-15H,8,11-12,25H2,1-2H3,(H,26,28,29). The van der Waals surface area contributed by atoms with Gasteiger partial charge in [-0.15, -0.1) is 0 Å². The fraction of sp³-hybridized carbons (Fsp3) is 0.208. The number of anilines is 3. The molecule has 0 fully saturated rings. The minimum Gasteiger partial charge on any atom is -0.495 e. The number of nitrogens with two attached hydrogens (primary N) is 1. The van der Waals surface area contributed by atoms with E-state index < -0.39 is 0 Å². The van der Waals surface area contributed by atoms with E-state index in [0.29, 0.717) is 17.4 Å². The van der Waals surface area contributed by atoms with E-state index in [1.165, 1.54) is 5.57 Å². The Hall–Kier alpha value is -3.91. The van der Waals surface area contributed by atoms with E-state index in [1.54, 1.807) is 13.3 Å². The van der Waals surface area contributed by atoms with Gasteiger partial charge in [-0.3, -0.25) is 0 Å². The van der Waals surface area contributed by atoms with Crippen LogP contribution < -0.4 is 15.8 Å². The molecule has 8 nitrogen and oxygen atoms in total. The summed E-state index contributed by atoms with van der Waals surface area (Å²) in [6.07, 6.45) is 8.63. The van der Waals surface area contributed by atoms with E-state index in [-0.39, 0.29) is 0 Å². The lowest BCUT2D eigenvalue weighted by molar-refractivity contribution is 0.370. The number of benzene rings is 1. The van der Waals surface area contributed by atoms with Crippen molar-refractivity contribution in [2.24, 2.45) is 0 Å². The molecular formula is C24H25N7O. The molecule has 0 saturated heterocycles. The van der Waals surface area contributed by atoms with Crippen LogP contribution in [0.25, 0.3) is 22.3 Å². The van der Waals surface area contributed by atoms with Gasteiger partial charge in [-0.25, -0.2) is 14.5 Å². The number of aromatic nitrogens is 4. The SMILES string of the molecule is COc1cc(C2=CCN(C)CC2)c(N)cc1Nc1nccc(-c2cnn3ccccc23)n1. The molecule has 8 heteroatoms. The predicted molar refractivity (Wildman–Crippen MR) is 127 cm³/mol. The summed E-state index contributed by atoms with van der Waals surface area (Å²) in [6, 6.07) is 11.7. The van der Waals surface area contributed by atoms with Crippen LogP contribution in [0.1, 0.15) is 12.0 Å². The molecule has 5 rings (SSSR count). The number of rotatable bonds is 5. The zero-order chi connectivity index (χ0) is 22.1. The van der Waals surface area contributed by atoms with E-state index >= 15 is 0 Å². The molecule has 32 heavy (non-hydrogen) atoms. The first kappa shape index (κ1) is 20.0. The Morgan fingerprint density at radius 2 is 2.06 bits per heavy atom. The Bertz CT molecular complexity index is 1310. The molecule has 0 unspecified atom stereocenters. The maximum absolute atomic E-state index is 6.43. The van der Waals surface area contributed by atoms with E-state index in [2.05, 4.69) is 33.4 Å². The van der Waals surface area contributed by atoms with Crippen LogP contribution in [0.3, 0.4) is 0 Å². The maximum atomic E-state index is 6.43. The quantitative estimate of drug-likeness (QED) is 0.467. The van der Waals surface area contributed by atoms with Crippen molar-refractivity contribution in [3.05, 3.63) is 66.6 Å². The van der Waals surface area contributed by atoms with Crippen LogP contribution in [0.4, 0.5) is 17.3 Å². The zero-order valence-corrected chi connectivity index (χ0v) is 18.1. The molecule has 3 N–H and O–H groups in total. The van der Waals surface area contributed by atoms with Crippen LogP contribution in [0.15, 0.2) is 61.1 Å². The average Bonchev–Trinajstić information content (AvgIpc) is 3.24. The smallest absolute Gasteiger partial charge is 0.227 e. The minimum atomic E-state index is 0.460. The number of hydrogen-bond acceptors (Lipinski definition) is 7. The summed E-state index contributed by atoms with van der Waals surface area (Å²) >= 11 is 0. The number of fused-ring (bicyclic) bond motifs is 1. The molecule has 1 aliphatic heterocycles. The molecule has 162 valence electrons. The van der Waals surface area contributed by atoms with Crippen molar-refractivity contribution in [1.82, 2.24) is 24.5 Å². The molecule has 0 spiro atoms. The van der Waals surface area contributed by atoms with Gasteiger partial charge in [-0.2, -0.15) is 5.10 Å². The van der Waals surface area contributed by atoms with Crippen molar-refractivity contribution < 1.29 is 4.74 Å². The van der Waals surface area contributed by atoms with Gasteiger partial charge in [-0.05, 0) is 49.4 Å². The van der Waals surface area contributed by atoms with Crippen LogP contribution in [0, 0.1) is 0 Å². The number of hydrogen-bond donors (Lipinski definition) is 2. The zero-order valence-electron chi connectivity index (χ0n) is 18.1. The summed E-state index contributed by atoms with van der Waals surface area (Å²) in [4.78, 5) is 11.4. The molecule has 0 amide bonds. The number of methoxy groups -OCH3 is 1. The third-order valence-electron chi connectivity index (χ3n) is 5.73. The summed E-state index contributed by atoms with van der Waals surface area (Å²) in [5.74, 6) is 1.15. The van der Waals surface area contributed by atoms with Crippen LogP contribution in [0.5, 0.6) is 5.75 Å². The van der Waals surface area contributed by atoms with Gasteiger partial charge in [-0.1, -0.05) is 12.1 Å². The Morgan fingerprint density at radius 1 is 1.16 bits per heavy atom. The summed E-state index contributed by atoms with van der Waals surface area (Å²) < 4.78 is 7.48. The number of nitrogens with zero attached hydrogens (tertiary/aromatic N) is 5. The molecular weight excluding hydrogens is 402 g/mol. The van der Waals surface area contributed by atoms with Crippen LogP contribution >= 0.6 is 0 Å². The highest BCUT2D eigenvalue weighted by molar-refractivity contribution is 5.82. The second kappa shape index (κ2) is 8.32. The Balaban J connectivity index is 1.46. The van der Waals surface area contributed by atoms with Gasteiger partial charge in [0.1, 0.15) is 5.75 Å². The first-order valence-electron chi connectivity index (χ1n) is 10.5. The van der Waals surface area contributed by atoms with E-state index in [9.17, 15) is 0 Å². The van der Waals surface area contributed by atoms with Crippen LogP contribution in [0.2, 0.25) is 0 Å². The van der Waals surface area contributed by atoms with Crippen molar-refractivity contribution >= 4 is 28.4 Å². The van der Waals surface area contributed by atoms with Crippen molar-refractivity contribution in [3.63, 3.8) is 0 Å². The van der Waals surface area contributed by atoms with E-state index in [1.807, 2.05) is 53.3 Å². The van der Waals surface area contributed by atoms with Gasteiger partial charge in [0.2, 0.25) is 5.95 Å². The fourth-order valence-electron chi connectivity index (χ4n) is 3.98. The highest BCUT2D eigenvalue weighted by atomic mass is 16.5. The van der Waals surface area contributed by atoms with Crippen LogP contribution in [-0.4, -0.2) is 51.7 Å². The number of ether oxygens (including phenoxy) is 1. The second-order valence-corrected chi connectivity index (χ2v) is 7.86. The van der Waals surface area contributed by atoms with Gasteiger partial charge in [0.05, 0.1) is 30.2 Å². The number of nitrogen functional groups attached to an aromatic ring is 1. The highest BCUT2D eigenvalue weighted by Gasteiger charge is 2.16. The average molecular weight is 428 g/mol. The summed E-state index contributed by atoms with van der Waals surface area (Å²) in [7, 11) is 3.77. The summed E-state index contributed by atoms with van der Waals surface area (Å²) in [5.41, 5.74) is 12.8. The normalized spacial score (nSPS) is 14.4. The fourth-order valence-corrected chi connectivity index (χ4v) is 3.98. The minimum absolute atomic E-state index is 0.460. The molecule has 0 radical (unpaired) electrons. The monoisotopic (exact) mass is 427 g/mol. The van der Waals surface area contributed by atoms with Crippen molar-refractivity contribution in [3.8, 4) is 17.0 Å². The number of likely N-dealkylation sites (N-methyl/N-ethyl adjacent to an activating group) is 1. The second-order valence-electron chi connectivity index (χ2n) is 7.86. The molecule has 0 saturated carbocycles. The highest BCUT2D eigenvalue weighted by Crippen LogP contribution is 2.36. The first-order valence-corrected chi connectivity index (χ1v) is 10.5. The largest absolute Gasteiger partial charge is 0.495 e. The summed E-state index contributed by atoms with van der Waals surface area (Å²) in [5, 5.41) is 7.67. The Morgan fingerprint density at radius 3 is 2.88 bits per heavy atom. The van der Waals surface area contributed by atoms with Gasteiger partial charge < -0.3 is 20.7 Å².